The van der Waals surface area contributed by atoms with Crippen LogP contribution in [0, 0.1) is 0 Å². The Morgan fingerprint density at radius 2 is 0.733 bits per heavy atom. The lowest BCUT2D eigenvalue weighted by Gasteiger charge is -2.05. The van der Waals surface area contributed by atoms with E-state index in [-0.39, 0.29) is 35.4 Å². The van der Waals surface area contributed by atoms with Crippen LogP contribution in [0.4, 0.5) is 0 Å². The Bertz CT molecular complexity index is 435. The second-order valence-electron chi connectivity index (χ2n) is 5.56. The molecular formula is C18H32O8S4. The van der Waals surface area contributed by atoms with Crippen molar-refractivity contribution in [3.8, 4) is 0 Å². The molecule has 0 N–H and O–H groups in total. The van der Waals surface area contributed by atoms with Crippen LogP contribution in [0.1, 0.15) is 38.5 Å². The van der Waals surface area contributed by atoms with Gasteiger partial charge in [-0.2, -0.15) is 50.5 Å². The molecule has 0 heterocycles. The lowest BCUT2D eigenvalue weighted by Crippen LogP contribution is -2.09. The maximum Gasteiger partial charge on any atom is 0.315 e. The molecule has 12 heteroatoms. The Balaban J connectivity index is 0. The third-order valence-corrected chi connectivity index (χ3v) is 3.98. The zero-order chi connectivity index (χ0) is 23.0. The molecule has 30 heavy (non-hydrogen) atoms. The van der Waals surface area contributed by atoms with Crippen molar-refractivity contribution in [1.82, 2.24) is 0 Å². The van der Waals surface area contributed by atoms with E-state index < -0.39 is 0 Å². The van der Waals surface area contributed by atoms with Gasteiger partial charge in [0, 0.05) is 11.5 Å². The molecule has 0 spiro atoms. The average Bonchev–Trinajstić information content (AvgIpc) is 2.73. The quantitative estimate of drug-likeness (QED) is 0.110. The maximum absolute atomic E-state index is 10.9. The van der Waals surface area contributed by atoms with E-state index >= 15 is 0 Å². The van der Waals surface area contributed by atoms with Crippen LogP contribution in [-0.4, -0.2) is 73.3 Å². The summed E-state index contributed by atoms with van der Waals surface area (Å²) < 4.78 is 19.3. The Labute approximate surface area is 200 Å². The van der Waals surface area contributed by atoms with E-state index in [1.165, 1.54) is 0 Å². The fourth-order valence-corrected chi connectivity index (χ4v) is 2.12. The SMILES string of the molecule is O=C(CCS)OCCCCOC(=O)CCS.O=C(CS)OCCCCOC(=O)CS. The zero-order valence-corrected chi connectivity index (χ0v) is 20.5. The van der Waals surface area contributed by atoms with Gasteiger partial charge in [-0.15, -0.1) is 0 Å². The maximum atomic E-state index is 10.9. The number of carbonyl (C=O) groups is 4. The molecule has 0 saturated carbocycles. The fourth-order valence-electron chi connectivity index (χ4n) is 1.57. The van der Waals surface area contributed by atoms with Crippen molar-refractivity contribution in [2.45, 2.75) is 38.5 Å². The summed E-state index contributed by atoms with van der Waals surface area (Å²) in [5.74, 6) is 0.0504. The Kier molecular flexibility index (Phi) is 25.7. The van der Waals surface area contributed by atoms with E-state index in [0.717, 1.165) is 0 Å². The molecule has 0 radical (unpaired) electrons. The van der Waals surface area contributed by atoms with Gasteiger partial charge in [0.05, 0.1) is 50.8 Å². The molecule has 0 aliphatic heterocycles. The molecule has 0 unspecified atom stereocenters. The Morgan fingerprint density at radius 1 is 0.467 bits per heavy atom. The van der Waals surface area contributed by atoms with Crippen LogP contribution in [0.15, 0.2) is 0 Å². The first kappa shape index (κ1) is 31.5. The molecule has 0 rings (SSSR count). The van der Waals surface area contributed by atoms with Gasteiger partial charge >= 0.3 is 23.9 Å². The molecule has 0 aromatic heterocycles. The number of hydrogen-bond acceptors (Lipinski definition) is 12. The average molecular weight is 505 g/mol. The van der Waals surface area contributed by atoms with Crippen LogP contribution >= 0.6 is 50.5 Å². The smallest absolute Gasteiger partial charge is 0.315 e. The predicted molar refractivity (Wildman–Crippen MR) is 127 cm³/mol. The van der Waals surface area contributed by atoms with Crippen molar-refractivity contribution in [3.63, 3.8) is 0 Å². The van der Waals surface area contributed by atoms with E-state index in [1.807, 2.05) is 0 Å². The number of ether oxygens (including phenoxy) is 4. The van der Waals surface area contributed by atoms with E-state index in [9.17, 15) is 19.2 Å². The van der Waals surface area contributed by atoms with Gasteiger partial charge in [0.15, 0.2) is 0 Å². The van der Waals surface area contributed by atoms with Crippen molar-refractivity contribution in [3.05, 3.63) is 0 Å². The van der Waals surface area contributed by atoms with E-state index in [1.54, 1.807) is 0 Å². The van der Waals surface area contributed by atoms with Crippen LogP contribution in [-0.2, 0) is 38.1 Å². The summed E-state index contributed by atoms with van der Waals surface area (Å²) in [5, 5.41) is 0. The molecule has 0 aromatic rings. The molecule has 0 amide bonds. The Hall–Kier alpha value is -0.720. The first-order valence-corrected chi connectivity index (χ1v) is 12.0. The summed E-state index contributed by atoms with van der Waals surface area (Å²) in [7, 11) is 0. The van der Waals surface area contributed by atoms with Gasteiger partial charge in [-0.3, -0.25) is 19.2 Å². The highest BCUT2D eigenvalue weighted by Gasteiger charge is 2.02. The van der Waals surface area contributed by atoms with Crippen molar-refractivity contribution in [2.75, 3.05) is 49.4 Å². The van der Waals surface area contributed by atoms with Crippen LogP contribution in [0.2, 0.25) is 0 Å². The number of rotatable bonds is 16. The van der Waals surface area contributed by atoms with Gasteiger partial charge < -0.3 is 18.9 Å². The van der Waals surface area contributed by atoms with E-state index in [0.29, 0.717) is 76.5 Å². The van der Waals surface area contributed by atoms with Crippen molar-refractivity contribution >= 4 is 74.4 Å². The minimum absolute atomic E-state index is 0.0919. The van der Waals surface area contributed by atoms with Crippen molar-refractivity contribution in [2.24, 2.45) is 0 Å². The van der Waals surface area contributed by atoms with Gasteiger partial charge in [-0.05, 0) is 25.7 Å². The van der Waals surface area contributed by atoms with Gasteiger partial charge in [-0.25, -0.2) is 0 Å². The lowest BCUT2D eigenvalue weighted by molar-refractivity contribution is -0.145. The molecule has 0 aromatic carbocycles. The van der Waals surface area contributed by atoms with Gasteiger partial charge in [0.1, 0.15) is 0 Å². The summed E-state index contributed by atoms with van der Waals surface area (Å²) in [6.45, 7) is 1.43. The van der Waals surface area contributed by atoms with Crippen molar-refractivity contribution in [1.29, 1.82) is 0 Å². The largest absolute Gasteiger partial charge is 0.466 e. The molecule has 0 saturated heterocycles. The molecule has 0 aliphatic rings. The molecule has 0 fully saturated rings. The van der Waals surface area contributed by atoms with E-state index in [2.05, 4.69) is 50.5 Å². The molecular weight excluding hydrogens is 472 g/mol. The highest BCUT2D eigenvalue weighted by atomic mass is 32.1. The fraction of sp³-hybridized carbons (Fsp3) is 0.778. The van der Waals surface area contributed by atoms with Crippen LogP contribution < -0.4 is 0 Å². The predicted octanol–water partition coefficient (Wildman–Crippen LogP) is 2.21. The summed E-state index contributed by atoms with van der Waals surface area (Å²) in [5.41, 5.74) is 0. The zero-order valence-electron chi connectivity index (χ0n) is 17.0. The summed E-state index contributed by atoms with van der Waals surface area (Å²) in [6.07, 6.45) is 3.43. The first-order chi connectivity index (χ1) is 14.4. The molecule has 8 nitrogen and oxygen atoms in total. The third kappa shape index (κ3) is 25.3. The topological polar surface area (TPSA) is 105 Å². The van der Waals surface area contributed by atoms with Crippen LogP contribution in [0.25, 0.3) is 0 Å². The lowest BCUT2D eigenvalue weighted by atomic mass is 10.3. The number of unbranched alkanes of at least 4 members (excludes halogenated alkanes) is 2. The molecule has 0 atom stereocenters. The van der Waals surface area contributed by atoms with Gasteiger partial charge in [0.25, 0.3) is 0 Å². The van der Waals surface area contributed by atoms with Gasteiger partial charge in [-0.1, -0.05) is 0 Å². The first-order valence-electron chi connectivity index (χ1n) is 9.47. The van der Waals surface area contributed by atoms with Crippen LogP contribution in [0.3, 0.4) is 0 Å². The number of esters is 4. The standard InChI is InChI=1S/C10H18O4S2.C8H14O4S2/c11-9(3-7-15)13-5-1-2-6-14-10(12)4-8-16;9-7(5-13)11-3-1-2-4-12-8(10)6-14/h15-16H,1-8H2;13-14H,1-6H2. The number of hydrogen-bond donors (Lipinski definition) is 4. The third-order valence-electron chi connectivity index (χ3n) is 3.02. The summed E-state index contributed by atoms with van der Waals surface area (Å²) in [4.78, 5) is 43.0. The highest BCUT2D eigenvalue weighted by Crippen LogP contribution is 1.97. The minimum atomic E-state index is -0.333. The van der Waals surface area contributed by atoms with Crippen LogP contribution in [0.5, 0.6) is 0 Å². The molecule has 176 valence electrons. The Morgan fingerprint density at radius 3 is 0.967 bits per heavy atom. The second kappa shape index (κ2) is 24.5. The molecule has 0 aliphatic carbocycles. The van der Waals surface area contributed by atoms with Crippen molar-refractivity contribution < 1.29 is 38.1 Å². The highest BCUT2D eigenvalue weighted by molar-refractivity contribution is 7.81. The normalized spacial score (nSPS) is 9.73. The van der Waals surface area contributed by atoms with Gasteiger partial charge in [0.2, 0.25) is 0 Å². The van der Waals surface area contributed by atoms with E-state index in [4.69, 9.17) is 18.9 Å². The number of thiol groups is 4. The minimum Gasteiger partial charge on any atom is -0.466 e. The monoisotopic (exact) mass is 504 g/mol. The summed E-state index contributed by atoms with van der Waals surface area (Å²) >= 11 is 15.3. The number of carbonyl (C=O) groups excluding carboxylic acids is 4. The summed E-state index contributed by atoms with van der Waals surface area (Å²) in [6, 6.07) is 0. The second-order valence-corrected chi connectivity index (χ2v) is 7.09. The molecule has 0 bridgehead atoms.